The molecule has 0 aromatic carbocycles. The lowest BCUT2D eigenvalue weighted by atomic mass is 10.4. The van der Waals surface area contributed by atoms with Crippen LogP contribution in [0.1, 0.15) is 27.4 Å². The molecule has 1 N–H and O–H groups in total. The van der Waals surface area contributed by atoms with E-state index in [1.54, 1.807) is 6.07 Å². The van der Waals surface area contributed by atoms with Gasteiger partial charge in [-0.25, -0.2) is 18.1 Å². The quantitative estimate of drug-likeness (QED) is 0.922. The van der Waals surface area contributed by atoms with Gasteiger partial charge in [-0.2, -0.15) is 0 Å². The predicted molar refractivity (Wildman–Crippen MR) is 79.3 cm³/mol. The van der Waals surface area contributed by atoms with E-state index in [1.165, 1.54) is 22.7 Å². The van der Waals surface area contributed by atoms with E-state index in [-0.39, 0.29) is 0 Å². The molecular weight excluding hydrogens is 300 g/mol. The van der Waals surface area contributed by atoms with E-state index in [9.17, 15) is 8.42 Å². The molecule has 0 spiro atoms. The summed E-state index contributed by atoms with van der Waals surface area (Å²) in [5.41, 5.74) is 0.894. The van der Waals surface area contributed by atoms with Gasteiger partial charge in [-0.3, -0.25) is 0 Å². The van der Waals surface area contributed by atoms with Gasteiger partial charge in [0.1, 0.15) is 4.21 Å². The number of nitrogens with one attached hydrogen (secondary N) is 1. The van der Waals surface area contributed by atoms with Gasteiger partial charge in [-0.15, -0.1) is 22.7 Å². The van der Waals surface area contributed by atoms with Crippen molar-refractivity contribution in [3.8, 4) is 0 Å². The number of rotatable bonds is 5. The summed E-state index contributed by atoms with van der Waals surface area (Å²) in [6, 6.07) is 3.53. The second kappa shape index (κ2) is 5.70. The number of hydrogen-bond donors (Lipinski definition) is 1. The highest BCUT2D eigenvalue weighted by atomic mass is 32.2. The topological polar surface area (TPSA) is 59.1 Å². The maximum Gasteiger partial charge on any atom is 0.250 e. The fraction of sp³-hybridized carbons (Fsp3) is 0.417. The Morgan fingerprint density at radius 2 is 2.00 bits per heavy atom. The average Bonchev–Trinajstić information content (AvgIpc) is 2.94. The standard InChI is InChI=1S/C12H16N2O2S3/c1-4-10-5-6-12(18-10)19(15,16)13-7-11-8(2)14-9(3)17-11/h5-6,13H,4,7H2,1-3H3. The Bertz CT molecular complexity index is 671. The predicted octanol–water partition coefficient (Wildman–Crippen LogP) is 2.86. The smallest absolute Gasteiger partial charge is 0.247 e. The van der Waals surface area contributed by atoms with Crippen LogP contribution in [0, 0.1) is 13.8 Å². The highest BCUT2D eigenvalue weighted by molar-refractivity contribution is 7.91. The summed E-state index contributed by atoms with van der Waals surface area (Å²) in [4.78, 5) is 6.33. The molecule has 0 radical (unpaired) electrons. The van der Waals surface area contributed by atoms with Crippen LogP contribution >= 0.6 is 22.7 Å². The zero-order chi connectivity index (χ0) is 14.0. The Labute approximate surface area is 121 Å². The number of thiazole rings is 1. The zero-order valence-electron chi connectivity index (χ0n) is 11.1. The van der Waals surface area contributed by atoms with Gasteiger partial charge in [0.25, 0.3) is 0 Å². The van der Waals surface area contributed by atoms with E-state index in [1.807, 2.05) is 26.8 Å². The number of aromatic nitrogens is 1. The van der Waals surface area contributed by atoms with Gasteiger partial charge >= 0.3 is 0 Å². The first-order chi connectivity index (χ1) is 8.92. The monoisotopic (exact) mass is 316 g/mol. The molecule has 0 aliphatic carbocycles. The van der Waals surface area contributed by atoms with Crippen LogP contribution < -0.4 is 4.72 Å². The van der Waals surface area contributed by atoms with Crippen LogP contribution in [0.2, 0.25) is 0 Å². The van der Waals surface area contributed by atoms with Crippen molar-refractivity contribution in [2.45, 2.75) is 37.9 Å². The maximum atomic E-state index is 12.1. The number of hydrogen-bond acceptors (Lipinski definition) is 5. The van der Waals surface area contributed by atoms with Gasteiger partial charge in [0.2, 0.25) is 10.0 Å². The zero-order valence-corrected chi connectivity index (χ0v) is 13.5. The normalized spacial score (nSPS) is 11.9. The van der Waals surface area contributed by atoms with Gasteiger partial charge in [-0.1, -0.05) is 6.92 Å². The van der Waals surface area contributed by atoms with E-state index < -0.39 is 10.0 Å². The Morgan fingerprint density at radius 1 is 1.26 bits per heavy atom. The third kappa shape index (κ3) is 3.42. The Morgan fingerprint density at radius 3 is 2.53 bits per heavy atom. The highest BCUT2D eigenvalue weighted by Gasteiger charge is 2.17. The highest BCUT2D eigenvalue weighted by Crippen LogP contribution is 2.23. The lowest BCUT2D eigenvalue weighted by Gasteiger charge is -2.03. The molecular formula is C12H16N2O2S3. The Balaban J connectivity index is 2.11. The minimum absolute atomic E-state index is 0.305. The van der Waals surface area contributed by atoms with Crippen LogP contribution in [-0.4, -0.2) is 13.4 Å². The summed E-state index contributed by atoms with van der Waals surface area (Å²) in [7, 11) is -3.41. The molecule has 2 aromatic rings. The summed E-state index contributed by atoms with van der Waals surface area (Å²) in [6.45, 7) is 6.13. The summed E-state index contributed by atoms with van der Waals surface area (Å²) in [5.74, 6) is 0. The van der Waals surface area contributed by atoms with Crippen LogP contribution in [0.3, 0.4) is 0 Å². The van der Waals surface area contributed by atoms with Crippen molar-refractivity contribution >= 4 is 32.7 Å². The van der Waals surface area contributed by atoms with Crippen molar-refractivity contribution in [3.05, 3.63) is 32.6 Å². The first-order valence-electron chi connectivity index (χ1n) is 5.93. The first-order valence-corrected chi connectivity index (χ1v) is 9.05. The van der Waals surface area contributed by atoms with Crippen LogP contribution in [0.15, 0.2) is 16.3 Å². The molecule has 2 aromatic heterocycles. The van der Waals surface area contributed by atoms with Crippen molar-refractivity contribution in [2.24, 2.45) is 0 Å². The molecule has 0 unspecified atom stereocenters. The van der Waals surface area contributed by atoms with Gasteiger partial charge in [0.05, 0.1) is 10.7 Å². The molecule has 7 heteroatoms. The van der Waals surface area contributed by atoms with Crippen LogP contribution in [0.4, 0.5) is 0 Å². The molecule has 0 bridgehead atoms. The molecule has 2 heterocycles. The first kappa shape index (κ1) is 14.6. The second-order valence-electron chi connectivity index (χ2n) is 4.14. The largest absolute Gasteiger partial charge is 0.250 e. The summed E-state index contributed by atoms with van der Waals surface area (Å²) < 4.78 is 27.3. The van der Waals surface area contributed by atoms with Gasteiger partial charge in [0, 0.05) is 16.3 Å². The molecule has 0 saturated heterocycles. The summed E-state index contributed by atoms with van der Waals surface area (Å²) >= 11 is 2.85. The number of sulfonamides is 1. The molecule has 2 rings (SSSR count). The van der Waals surface area contributed by atoms with E-state index in [0.29, 0.717) is 10.8 Å². The third-order valence-corrected chi connectivity index (χ3v) is 6.87. The molecule has 0 amide bonds. The average molecular weight is 316 g/mol. The van der Waals surface area contributed by atoms with Gasteiger partial charge in [-0.05, 0) is 32.4 Å². The van der Waals surface area contributed by atoms with E-state index in [4.69, 9.17) is 0 Å². The summed E-state index contributed by atoms with van der Waals surface area (Å²) in [5, 5.41) is 0.955. The Kier molecular flexibility index (Phi) is 4.39. The van der Waals surface area contributed by atoms with Crippen LogP contribution in [0.5, 0.6) is 0 Å². The summed E-state index contributed by atoms with van der Waals surface area (Å²) in [6.07, 6.45) is 0.854. The molecule has 0 fully saturated rings. The van der Waals surface area contributed by atoms with E-state index in [0.717, 1.165) is 26.9 Å². The van der Waals surface area contributed by atoms with Crippen molar-refractivity contribution in [3.63, 3.8) is 0 Å². The molecule has 0 atom stereocenters. The molecule has 4 nitrogen and oxygen atoms in total. The molecule has 0 aliphatic heterocycles. The lowest BCUT2D eigenvalue weighted by Crippen LogP contribution is -2.22. The number of nitrogens with zero attached hydrogens (tertiary/aromatic N) is 1. The lowest BCUT2D eigenvalue weighted by molar-refractivity contribution is 0.584. The van der Waals surface area contributed by atoms with E-state index >= 15 is 0 Å². The molecule has 104 valence electrons. The van der Waals surface area contributed by atoms with Crippen LogP contribution in [0.25, 0.3) is 0 Å². The number of thiophene rings is 1. The van der Waals surface area contributed by atoms with Crippen molar-refractivity contribution in [2.75, 3.05) is 0 Å². The fourth-order valence-corrected chi connectivity index (χ4v) is 4.97. The molecule has 0 aliphatic rings. The maximum absolute atomic E-state index is 12.1. The second-order valence-corrected chi connectivity index (χ2v) is 8.59. The minimum Gasteiger partial charge on any atom is -0.247 e. The van der Waals surface area contributed by atoms with Crippen molar-refractivity contribution in [1.29, 1.82) is 0 Å². The Hall–Kier alpha value is -0.760. The van der Waals surface area contributed by atoms with Crippen molar-refractivity contribution < 1.29 is 8.42 Å². The minimum atomic E-state index is -3.41. The van der Waals surface area contributed by atoms with Crippen molar-refractivity contribution in [1.82, 2.24) is 9.71 Å². The third-order valence-electron chi connectivity index (χ3n) is 2.67. The fourth-order valence-electron chi connectivity index (χ4n) is 1.66. The van der Waals surface area contributed by atoms with Gasteiger partial charge in [0.15, 0.2) is 0 Å². The van der Waals surface area contributed by atoms with E-state index in [2.05, 4.69) is 9.71 Å². The molecule has 19 heavy (non-hydrogen) atoms. The number of aryl methyl sites for hydroxylation is 3. The SMILES string of the molecule is CCc1ccc(S(=O)(=O)NCc2sc(C)nc2C)s1. The van der Waals surface area contributed by atoms with Crippen LogP contribution in [-0.2, 0) is 23.0 Å². The molecule has 0 saturated carbocycles. The van der Waals surface area contributed by atoms with Gasteiger partial charge < -0.3 is 0 Å².